The van der Waals surface area contributed by atoms with Crippen LogP contribution in [0.15, 0.2) is 24.3 Å². The second-order valence-electron chi connectivity index (χ2n) is 5.75. The zero-order valence-electron chi connectivity index (χ0n) is 12.8. The quantitative estimate of drug-likeness (QED) is 0.472. The topological polar surface area (TPSA) is 108 Å². The maximum Gasteiger partial charge on any atom is 0.228 e. The summed E-state index contributed by atoms with van der Waals surface area (Å²) in [5, 5.41) is 13.0. The van der Waals surface area contributed by atoms with E-state index in [-0.39, 0.29) is 35.5 Å². The van der Waals surface area contributed by atoms with Crippen molar-refractivity contribution in [1.82, 2.24) is 5.32 Å². The van der Waals surface area contributed by atoms with Crippen LogP contribution in [0.3, 0.4) is 0 Å². The van der Waals surface area contributed by atoms with Crippen molar-refractivity contribution in [1.29, 1.82) is 5.41 Å². The maximum atomic E-state index is 12.1. The average molecular weight is 302 g/mol. The average Bonchev–Trinajstić information content (AvgIpc) is 3.28. The molecule has 0 bridgehead atoms. The van der Waals surface area contributed by atoms with Crippen molar-refractivity contribution in [3.63, 3.8) is 0 Å². The van der Waals surface area contributed by atoms with Gasteiger partial charge in [0.2, 0.25) is 11.8 Å². The van der Waals surface area contributed by atoms with Crippen LogP contribution in [0.25, 0.3) is 0 Å². The van der Waals surface area contributed by atoms with Gasteiger partial charge in [0.05, 0.1) is 11.8 Å². The number of carbonyl (C=O) groups excluding carboxylic acids is 2. The van der Waals surface area contributed by atoms with Gasteiger partial charge in [-0.15, -0.1) is 0 Å². The van der Waals surface area contributed by atoms with Gasteiger partial charge in [-0.3, -0.25) is 15.0 Å². The van der Waals surface area contributed by atoms with Crippen LogP contribution in [0.5, 0.6) is 0 Å². The second-order valence-corrected chi connectivity index (χ2v) is 5.75. The molecule has 1 aliphatic carbocycles. The second kappa shape index (κ2) is 6.60. The van der Waals surface area contributed by atoms with Crippen LogP contribution >= 0.6 is 0 Å². The number of amides is 2. The monoisotopic (exact) mass is 302 g/mol. The van der Waals surface area contributed by atoms with Crippen molar-refractivity contribution in [2.75, 3.05) is 5.32 Å². The molecule has 0 spiro atoms. The maximum absolute atomic E-state index is 12.1. The zero-order valence-corrected chi connectivity index (χ0v) is 12.8. The van der Waals surface area contributed by atoms with Crippen LogP contribution in [-0.4, -0.2) is 23.7 Å². The Hall–Kier alpha value is -2.37. The molecular weight excluding hydrogens is 280 g/mol. The van der Waals surface area contributed by atoms with Crippen LogP contribution in [0, 0.1) is 17.2 Å². The molecule has 1 aromatic carbocycles. The van der Waals surface area contributed by atoms with Gasteiger partial charge in [-0.1, -0.05) is 6.92 Å². The Morgan fingerprint density at radius 2 is 1.86 bits per heavy atom. The molecular formula is C16H22N4O2. The van der Waals surface area contributed by atoms with Crippen molar-refractivity contribution in [3.05, 3.63) is 29.8 Å². The lowest BCUT2D eigenvalue weighted by atomic mass is 10.2. The molecule has 6 heteroatoms. The lowest BCUT2D eigenvalue weighted by Crippen LogP contribution is -2.34. The molecule has 3 atom stereocenters. The Kier molecular flexibility index (Phi) is 4.80. The summed E-state index contributed by atoms with van der Waals surface area (Å²) in [7, 11) is 0. The molecule has 0 aliphatic heterocycles. The predicted octanol–water partition coefficient (Wildman–Crippen LogP) is 1.46. The zero-order chi connectivity index (χ0) is 16.3. The van der Waals surface area contributed by atoms with Gasteiger partial charge in [0.15, 0.2) is 0 Å². The van der Waals surface area contributed by atoms with Crippen molar-refractivity contribution >= 4 is 23.3 Å². The molecule has 0 heterocycles. The number of rotatable bonds is 6. The summed E-state index contributed by atoms with van der Waals surface area (Å²) in [6.45, 7) is 3.96. The first kappa shape index (κ1) is 16.0. The highest BCUT2D eigenvalue weighted by atomic mass is 16.2. The number of anilines is 1. The Bertz CT molecular complexity index is 582. The van der Waals surface area contributed by atoms with E-state index >= 15 is 0 Å². The lowest BCUT2D eigenvalue weighted by Gasteiger charge is -2.11. The van der Waals surface area contributed by atoms with E-state index < -0.39 is 0 Å². The minimum absolute atomic E-state index is 0.0122. The van der Waals surface area contributed by atoms with Crippen molar-refractivity contribution in [2.45, 2.75) is 32.7 Å². The highest BCUT2D eigenvalue weighted by Crippen LogP contribution is 2.39. The molecule has 118 valence electrons. The van der Waals surface area contributed by atoms with Gasteiger partial charge < -0.3 is 16.4 Å². The first-order valence-electron chi connectivity index (χ1n) is 7.48. The number of nitrogen functional groups attached to an aromatic ring is 1. The van der Waals surface area contributed by atoms with E-state index in [0.717, 1.165) is 6.42 Å². The van der Waals surface area contributed by atoms with Gasteiger partial charge in [-0.05, 0) is 44.0 Å². The molecule has 0 radical (unpaired) electrons. The summed E-state index contributed by atoms with van der Waals surface area (Å²) in [6, 6.07) is 6.89. The molecule has 0 aromatic heterocycles. The van der Waals surface area contributed by atoms with Gasteiger partial charge in [0.1, 0.15) is 5.84 Å². The summed E-state index contributed by atoms with van der Waals surface area (Å²) in [5.74, 6) is -0.662. The molecule has 3 unspecified atom stereocenters. The third-order valence-corrected chi connectivity index (χ3v) is 3.93. The van der Waals surface area contributed by atoms with Gasteiger partial charge >= 0.3 is 0 Å². The number of amidine groups is 1. The Morgan fingerprint density at radius 3 is 2.41 bits per heavy atom. The molecule has 2 amide bonds. The molecule has 2 rings (SSSR count). The highest BCUT2D eigenvalue weighted by molar-refractivity contribution is 6.00. The number of benzene rings is 1. The van der Waals surface area contributed by atoms with Crippen LogP contribution in [0.4, 0.5) is 5.69 Å². The summed E-state index contributed by atoms with van der Waals surface area (Å²) in [6.07, 6.45) is 1.47. The van der Waals surface area contributed by atoms with Gasteiger partial charge in [-0.2, -0.15) is 0 Å². The van der Waals surface area contributed by atoms with Gasteiger partial charge in [-0.25, -0.2) is 0 Å². The molecule has 1 saturated carbocycles. The Morgan fingerprint density at radius 1 is 1.27 bits per heavy atom. The third kappa shape index (κ3) is 3.84. The summed E-state index contributed by atoms with van der Waals surface area (Å²) >= 11 is 0. The Labute approximate surface area is 130 Å². The minimum atomic E-state index is -0.253. The third-order valence-electron chi connectivity index (χ3n) is 3.93. The molecule has 1 aliphatic rings. The van der Waals surface area contributed by atoms with Gasteiger partial charge in [0, 0.05) is 17.3 Å². The number of hydrogen-bond donors (Lipinski definition) is 4. The first-order chi connectivity index (χ1) is 10.4. The van der Waals surface area contributed by atoms with Crippen LogP contribution in [0.2, 0.25) is 0 Å². The highest BCUT2D eigenvalue weighted by Gasteiger charge is 2.48. The SMILES string of the molecule is CCC(C)NC(=O)C1CC1C(=O)Nc1ccc(C(=N)N)cc1. The molecule has 22 heavy (non-hydrogen) atoms. The number of hydrogen-bond acceptors (Lipinski definition) is 3. The summed E-state index contributed by atoms with van der Waals surface area (Å²) in [5.41, 5.74) is 6.63. The van der Waals surface area contributed by atoms with Crippen LogP contribution in [0.1, 0.15) is 32.3 Å². The largest absolute Gasteiger partial charge is 0.384 e. The Balaban J connectivity index is 1.86. The molecule has 1 fully saturated rings. The fourth-order valence-electron chi connectivity index (χ4n) is 2.19. The molecule has 1 aromatic rings. The predicted molar refractivity (Wildman–Crippen MR) is 85.6 cm³/mol. The number of nitrogens with two attached hydrogens (primary N) is 1. The minimum Gasteiger partial charge on any atom is -0.384 e. The van der Waals surface area contributed by atoms with Crippen molar-refractivity contribution in [2.24, 2.45) is 17.6 Å². The van der Waals surface area contributed by atoms with E-state index in [1.165, 1.54) is 0 Å². The van der Waals surface area contributed by atoms with Gasteiger partial charge in [0.25, 0.3) is 0 Å². The number of carbonyl (C=O) groups is 2. The van der Waals surface area contributed by atoms with E-state index in [2.05, 4.69) is 10.6 Å². The van der Waals surface area contributed by atoms with E-state index in [1.54, 1.807) is 24.3 Å². The fourth-order valence-corrected chi connectivity index (χ4v) is 2.19. The smallest absolute Gasteiger partial charge is 0.228 e. The van der Waals surface area contributed by atoms with Crippen molar-refractivity contribution in [3.8, 4) is 0 Å². The van der Waals surface area contributed by atoms with Crippen molar-refractivity contribution < 1.29 is 9.59 Å². The van der Waals surface area contributed by atoms with Crippen LogP contribution < -0.4 is 16.4 Å². The molecule has 5 N–H and O–H groups in total. The normalized spacial score (nSPS) is 20.8. The summed E-state index contributed by atoms with van der Waals surface area (Å²) in [4.78, 5) is 24.0. The van der Waals surface area contributed by atoms with E-state index in [1.807, 2.05) is 13.8 Å². The first-order valence-corrected chi connectivity index (χ1v) is 7.48. The van der Waals surface area contributed by atoms with E-state index in [0.29, 0.717) is 17.7 Å². The fraction of sp³-hybridized carbons (Fsp3) is 0.438. The van der Waals surface area contributed by atoms with Crippen LogP contribution in [-0.2, 0) is 9.59 Å². The summed E-state index contributed by atoms with van der Waals surface area (Å²) < 4.78 is 0. The molecule has 0 saturated heterocycles. The lowest BCUT2D eigenvalue weighted by molar-refractivity contribution is -0.125. The number of nitrogens with one attached hydrogen (secondary N) is 3. The van der Waals surface area contributed by atoms with E-state index in [9.17, 15) is 9.59 Å². The standard InChI is InChI=1S/C16H22N4O2/c1-3-9(2)19-15(21)12-8-13(12)16(22)20-11-6-4-10(5-7-11)14(17)18/h4-7,9,12-13H,3,8H2,1-2H3,(H3,17,18)(H,19,21)(H,20,22). The molecule has 6 nitrogen and oxygen atoms in total. The van der Waals surface area contributed by atoms with E-state index in [4.69, 9.17) is 11.1 Å².